The molecule has 0 bridgehead atoms. The molecular formula is C6H13NOS3. The summed E-state index contributed by atoms with van der Waals surface area (Å²) in [5, 5.41) is 2.96. The lowest BCUT2D eigenvalue weighted by Crippen LogP contribution is -2.19. The van der Waals surface area contributed by atoms with Gasteiger partial charge in [0, 0.05) is 25.2 Å². The molecule has 0 heterocycles. The number of nitrogens with one attached hydrogen (secondary N) is 1. The molecular weight excluding hydrogens is 198 g/mol. The van der Waals surface area contributed by atoms with Gasteiger partial charge in [-0.3, -0.25) is 0 Å². The Hall–Kier alpha value is 0.550. The molecule has 0 atom stereocenters. The zero-order valence-electron chi connectivity index (χ0n) is 6.50. The van der Waals surface area contributed by atoms with Gasteiger partial charge < -0.3 is 10.1 Å². The van der Waals surface area contributed by atoms with Gasteiger partial charge in [0.2, 0.25) is 0 Å². The van der Waals surface area contributed by atoms with E-state index in [2.05, 4.69) is 17.9 Å². The van der Waals surface area contributed by atoms with Gasteiger partial charge in [-0.05, 0) is 0 Å². The summed E-state index contributed by atoms with van der Waals surface area (Å²) in [5.74, 6) is 2.08. The number of thioether (sulfide) groups is 1. The maximum atomic E-state index is 4.89. The molecule has 0 aliphatic heterocycles. The molecule has 0 rings (SSSR count). The van der Waals surface area contributed by atoms with Crippen LogP contribution in [-0.4, -0.2) is 36.1 Å². The number of rotatable bonds is 6. The molecule has 0 saturated heterocycles. The van der Waals surface area contributed by atoms with E-state index in [9.17, 15) is 0 Å². The quantitative estimate of drug-likeness (QED) is 0.391. The Balaban J connectivity index is 2.85. The molecule has 11 heavy (non-hydrogen) atoms. The lowest BCUT2D eigenvalue weighted by Gasteiger charge is -2.02. The van der Waals surface area contributed by atoms with Crippen LogP contribution in [0.2, 0.25) is 0 Å². The highest BCUT2D eigenvalue weighted by Gasteiger charge is 1.89. The Kier molecular flexibility index (Phi) is 9.08. The Labute approximate surface area is 82.9 Å². The second kappa shape index (κ2) is 8.64. The summed E-state index contributed by atoms with van der Waals surface area (Å²) in [7, 11) is 1.71. The van der Waals surface area contributed by atoms with Crippen LogP contribution in [0.3, 0.4) is 0 Å². The first kappa shape index (κ1) is 11.6. The molecule has 0 aliphatic carbocycles. The third-order valence-electron chi connectivity index (χ3n) is 0.954. The van der Waals surface area contributed by atoms with Crippen molar-refractivity contribution in [2.45, 2.75) is 0 Å². The van der Waals surface area contributed by atoms with Crippen molar-refractivity contribution in [3.8, 4) is 0 Å². The third kappa shape index (κ3) is 10.6. The van der Waals surface area contributed by atoms with E-state index in [1.165, 1.54) is 0 Å². The zero-order chi connectivity index (χ0) is 8.53. The molecule has 0 aromatic heterocycles. The highest BCUT2D eigenvalue weighted by Crippen LogP contribution is 1.97. The minimum atomic E-state index is 0.567. The topological polar surface area (TPSA) is 21.3 Å². The average molecular weight is 211 g/mol. The summed E-state index contributed by atoms with van der Waals surface area (Å²) in [6, 6.07) is 0. The number of thiocarbonyl (C=S) groups is 1. The van der Waals surface area contributed by atoms with Crippen molar-refractivity contribution in [1.29, 1.82) is 0 Å². The first-order valence-electron chi connectivity index (χ1n) is 3.31. The van der Waals surface area contributed by atoms with Gasteiger partial charge in [-0.25, -0.2) is 0 Å². The van der Waals surface area contributed by atoms with E-state index in [1.54, 1.807) is 7.11 Å². The van der Waals surface area contributed by atoms with E-state index in [0.717, 1.165) is 24.7 Å². The van der Waals surface area contributed by atoms with Crippen LogP contribution in [0.1, 0.15) is 0 Å². The molecule has 5 heteroatoms. The summed E-state index contributed by atoms with van der Waals surface area (Å²) >= 11 is 10.5. The smallest absolute Gasteiger partial charge is 0.130 e. The zero-order valence-corrected chi connectivity index (χ0v) is 9.03. The number of hydrogen-bond acceptors (Lipinski definition) is 3. The number of hydrogen-bond donors (Lipinski definition) is 2. The van der Waals surface area contributed by atoms with E-state index in [0.29, 0.717) is 4.32 Å². The molecule has 0 radical (unpaired) electrons. The van der Waals surface area contributed by atoms with E-state index >= 15 is 0 Å². The van der Waals surface area contributed by atoms with E-state index in [1.807, 2.05) is 11.8 Å². The molecule has 0 amide bonds. The Morgan fingerprint density at radius 2 is 2.36 bits per heavy atom. The third-order valence-corrected chi connectivity index (χ3v) is 2.21. The van der Waals surface area contributed by atoms with Gasteiger partial charge in [-0.1, -0.05) is 12.2 Å². The van der Waals surface area contributed by atoms with Crippen LogP contribution in [0.25, 0.3) is 0 Å². The van der Waals surface area contributed by atoms with E-state index in [4.69, 9.17) is 17.0 Å². The SMILES string of the molecule is COCCSCCNC(=S)S. The maximum absolute atomic E-state index is 4.89. The minimum Gasteiger partial charge on any atom is -0.384 e. The van der Waals surface area contributed by atoms with Gasteiger partial charge in [-0.2, -0.15) is 11.8 Å². The van der Waals surface area contributed by atoms with Crippen molar-refractivity contribution in [2.75, 3.05) is 31.8 Å². The normalized spacial score (nSPS) is 9.64. The second-order valence-corrected chi connectivity index (χ2v) is 4.22. The number of ether oxygens (including phenoxy) is 1. The van der Waals surface area contributed by atoms with Gasteiger partial charge in [0.1, 0.15) is 4.32 Å². The fraction of sp³-hybridized carbons (Fsp3) is 0.833. The molecule has 0 saturated carbocycles. The van der Waals surface area contributed by atoms with Crippen molar-refractivity contribution in [3.05, 3.63) is 0 Å². The summed E-state index contributed by atoms with van der Waals surface area (Å²) in [6.45, 7) is 1.70. The van der Waals surface area contributed by atoms with Gasteiger partial charge in [0.25, 0.3) is 0 Å². The van der Waals surface area contributed by atoms with Gasteiger partial charge in [-0.15, -0.1) is 12.6 Å². The first-order valence-corrected chi connectivity index (χ1v) is 5.32. The predicted molar refractivity (Wildman–Crippen MR) is 58.8 cm³/mol. The van der Waals surface area contributed by atoms with Crippen molar-refractivity contribution in [1.82, 2.24) is 5.32 Å². The summed E-state index contributed by atoms with van der Waals surface area (Å²) in [5.41, 5.74) is 0. The molecule has 66 valence electrons. The molecule has 0 spiro atoms. The van der Waals surface area contributed by atoms with E-state index in [-0.39, 0.29) is 0 Å². The van der Waals surface area contributed by atoms with Crippen molar-refractivity contribution >= 4 is 40.9 Å². The number of thiol groups is 1. The Bertz CT molecular complexity index is 110. The summed E-state index contributed by atoms with van der Waals surface area (Å²) in [4.78, 5) is 0. The monoisotopic (exact) mass is 211 g/mol. The van der Waals surface area contributed by atoms with Crippen LogP contribution in [0.15, 0.2) is 0 Å². The molecule has 1 N–H and O–H groups in total. The average Bonchev–Trinajstić information content (AvgIpc) is 1.96. The van der Waals surface area contributed by atoms with Crippen molar-refractivity contribution < 1.29 is 4.74 Å². The Morgan fingerprint density at radius 1 is 1.64 bits per heavy atom. The molecule has 0 aromatic carbocycles. The first-order chi connectivity index (χ1) is 5.27. The lowest BCUT2D eigenvalue weighted by molar-refractivity contribution is 0.218. The van der Waals surface area contributed by atoms with Crippen LogP contribution in [0.4, 0.5) is 0 Å². The van der Waals surface area contributed by atoms with Crippen LogP contribution in [0, 0.1) is 0 Å². The van der Waals surface area contributed by atoms with Crippen LogP contribution in [0.5, 0.6) is 0 Å². The maximum Gasteiger partial charge on any atom is 0.130 e. The second-order valence-electron chi connectivity index (χ2n) is 1.84. The van der Waals surface area contributed by atoms with Gasteiger partial charge >= 0.3 is 0 Å². The molecule has 0 aliphatic rings. The van der Waals surface area contributed by atoms with Crippen LogP contribution < -0.4 is 5.32 Å². The molecule has 2 nitrogen and oxygen atoms in total. The molecule has 0 fully saturated rings. The van der Waals surface area contributed by atoms with Crippen LogP contribution >= 0.6 is 36.6 Å². The fourth-order valence-electron chi connectivity index (χ4n) is 0.474. The Morgan fingerprint density at radius 3 is 2.91 bits per heavy atom. The molecule has 0 aromatic rings. The van der Waals surface area contributed by atoms with Gasteiger partial charge in [0.15, 0.2) is 0 Å². The highest BCUT2D eigenvalue weighted by atomic mass is 32.2. The standard InChI is InChI=1S/C6H13NOS3/c1-8-3-5-11-4-2-7-6(9)10/h2-5H2,1H3,(H2,7,9,10). The number of methoxy groups -OCH3 is 1. The lowest BCUT2D eigenvalue weighted by atomic mass is 10.8. The fourth-order valence-corrected chi connectivity index (χ4v) is 1.42. The predicted octanol–water partition coefficient (Wildman–Crippen LogP) is 1.17. The minimum absolute atomic E-state index is 0.567. The van der Waals surface area contributed by atoms with Crippen molar-refractivity contribution in [2.24, 2.45) is 0 Å². The highest BCUT2D eigenvalue weighted by molar-refractivity contribution is 8.11. The largest absolute Gasteiger partial charge is 0.384 e. The van der Waals surface area contributed by atoms with Crippen molar-refractivity contribution in [3.63, 3.8) is 0 Å². The summed E-state index contributed by atoms with van der Waals surface area (Å²) in [6.07, 6.45) is 0. The van der Waals surface area contributed by atoms with Crippen LogP contribution in [-0.2, 0) is 4.74 Å². The van der Waals surface area contributed by atoms with E-state index < -0.39 is 0 Å². The summed E-state index contributed by atoms with van der Waals surface area (Å²) < 4.78 is 5.45. The van der Waals surface area contributed by atoms with Gasteiger partial charge in [0.05, 0.1) is 6.61 Å². The molecule has 0 unspecified atom stereocenters.